The molecule has 5 heteroatoms. The van der Waals surface area contributed by atoms with Crippen LogP contribution in [-0.4, -0.2) is 56.4 Å². The monoisotopic (exact) mass is 353 g/mol. The van der Waals surface area contributed by atoms with Gasteiger partial charge in [0.15, 0.2) is 5.96 Å². The predicted octanol–water partition coefficient (Wildman–Crippen LogP) is 2.80. The first kappa shape index (κ1) is 17.3. The Morgan fingerprint density at radius 1 is 1.12 bits per heavy atom. The van der Waals surface area contributed by atoms with Gasteiger partial charge in [-0.1, -0.05) is 36.4 Å². The molecule has 0 spiro atoms. The van der Waals surface area contributed by atoms with Crippen LogP contribution in [-0.2, 0) is 16.0 Å². The van der Waals surface area contributed by atoms with E-state index in [4.69, 9.17) is 9.47 Å². The average molecular weight is 353 g/mol. The average Bonchev–Trinajstić information content (AvgIpc) is 3.23. The van der Waals surface area contributed by atoms with Crippen LogP contribution in [0.5, 0.6) is 0 Å². The summed E-state index contributed by atoms with van der Waals surface area (Å²) in [7, 11) is 1.85. The number of nitrogens with one attached hydrogen (secondary N) is 1. The van der Waals surface area contributed by atoms with Gasteiger partial charge in [-0.05, 0) is 35.2 Å². The van der Waals surface area contributed by atoms with E-state index in [0.29, 0.717) is 0 Å². The van der Waals surface area contributed by atoms with Gasteiger partial charge in [0.05, 0.1) is 12.7 Å². The second-order valence-corrected chi connectivity index (χ2v) is 6.99. The molecule has 138 valence electrons. The van der Waals surface area contributed by atoms with E-state index in [1.165, 1.54) is 16.3 Å². The van der Waals surface area contributed by atoms with E-state index in [1.54, 1.807) is 0 Å². The Kier molecular flexibility index (Phi) is 5.37. The molecule has 0 aliphatic carbocycles. The summed E-state index contributed by atoms with van der Waals surface area (Å²) < 4.78 is 11.8. The number of hydrogen-bond donors (Lipinski definition) is 1. The number of morpholine rings is 1. The minimum Gasteiger partial charge on any atom is -0.375 e. The summed E-state index contributed by atoms with van der Waals surface area (Å²) >= 11 is 0. The zero-order chi connectivity index (χ0) is 17.8. The van der Waals surface area contributed by atoms with Gasteiger partial charge in [-0.3, -0.25) is 4.99 Å². The van der Waals surface area contributed by atoms with Gasteiger partial charge in [0.1, 0.15) is 6.10 Å². The molecule has 2 aromatic rings. The highest BCUT2D eigenvalue weighted by atomic mass is 16.5. The van der Waals surface area contributed by atoms with E-state index in [0.717, 1.165) is 51.6 Å². The summed E-state index contributed by atoms with van der Waals surface area (Å²) in [5, 5.41) is 6.05. The SMILES string of the molecule is CN=C(NCc1ccc2ccccc2c1)N1CCOC(C2CCCO2)C1. The number of ether oxygens (including phenoxy) is 2. The Labute approximate surface area is 155 Å². The van der Waals surface area contributed by atoms with Crippen molar-refractivity contribution in [1.82, 2.24) is 10.2 Å². The number of fused-ring (bicyclic) bond motifs is 1. The molecule has 0 amide bonds. The fraction of sp³-hybridized carbons (Fsp3) is 0.476. The number of benzene rings is 2. The second-order valence-electron chi connectivity index (χ2n) is 6.99. The van der Waals surface area contributed by atoms with E-state index in [2.05, 4.69) is 57.7 Å². The summed E-state index contributed by atoms with van der Waals surface area (Å²) in [5.41, 5.74) is 1.26. The van der Waals surface area contributed by atoms with Crippen LogP contribution in [0.1, 0.15) is 18.4 Å². The second kappa shape index (κ2) is 8.06. The van der Waals surface area contributed by atoms with E-state index < -0.39 is 0 Å². The smallest absolute Gasteiger partial charge is 0.194 e. The maximum absolute atomic E-state index is 5.95. The molecule has 0 aromatic heterocycles. The van der Waals surface area contributed by atoms with Crippen molar-refractivity contribution >= 4 is 16.7 Å². The van der Waals surface area contributed by atoms with Crippen LogP contribution >= 0.6 is 0 Å². The molecule has 5 nitrogen and oxygen atoms in total. The fourth-order valence-corrected chi connectivity index (χ4v) is 3.85. The Hall–Kier alpha value is -2.11. The Morgan fingerprint density at radius 3 is 2.77 bits per heavy atom. The third kappa shape index (κ3) is 3.84. The van der Waals surface area contributed by atoms with Crippen molar-refractivity contribution < 1.29 is 9.47 Å². The molecule has 0 saturated carbocycles. The molecule has 0 radical (unpaired) electrons. The lowest BCUT2D eigenvalue weighted by atomic mass is 10.1. The molecule has 2 aromatic carbocycles. The van der Waals surface area contributed by atoms with Crippen LogP contribution < -0.4 is 5.32 Å². The quantitative estimate of drug-likeness (QED) is 0.681. The Morgan fingerprint density at radius 2 is 1.96 bits per heavy atom. The highest BCUT2D eigenvalue weighted by Crippen LogP contribution is 2.21. The first-order chi connectivity index (χ1) is 12.8. The van der Waals surface area contributed by atoms with Gasteiger partial charge in [0.2, 0.25) is 0 Å². The van der Waals surface area contributed by atoms with Gasteiger partial charge in [-0.15, -0.1) is 0 Å². The number of guanidine groups is 1. The first-order valence-corrected chi connectivity index (χ1v) is 9.50. The number of nitrogens with zero attached hydrogens (tertiary/aromatic N) is 2. The molecule has 0 bridgehead atoms. The molecular formula is C21H27N3O2. The maximum atomic E-state index is 5.95. The van der Waals surface area contributed by atoms with Crippen molar-refractivity contribution in [3.05, 3.63) is 48.0 Å². The van der Waals surface area contributed by atoms with Crippen molar-refractivity contribution in [2.24, 2.45) is 4.99 Å². The Bertz CT molecular complexity index is 771. The van der Waals surface area contributed by atoms with Crippen molar-refractivity contribution in [1.29, 1.82) is 0 Å². The molecule has 2 aliphatic heterocycles. The highest BCUT2D eigenvalue weighted by Gasteiger charge is 2.32. The molecule has 2 fully saturated rings. The molecule has 2 heterocycles. The zero-order valence-electron chi connectivity index (χ0n) is 15.4. The standard InChI is InChI=1S/C21H27N3O2/c1-22-21(24-10-12-26-20(15-24)19-7-4-11-25-19)23-14-16-8-9-17-5-2-3-6-18(17)13-16/h2-3,5-6,8-9,13,19-20H,4,7,10-12,14-15H2,1H3,(H,22,23). The number of aliphatic imine (C=N–C) groups is 1. The summed E-state index contributed by atoms with van der Waals surface area (Å²) in [6.45, 7) is 4.04. The lowest BCUT2D eigenvalue weighted by molar-refractivity contribution is -0.0817. The molecule has 26 heavy (non-hydrogen) atoms. The molecule has 2 unspecified atom stereocenters. The van der Waals surface area contributed by atoms with Gasteiger partial charge >= 0.3 is 0 Å². The maximum Gasteiger partial charge on any atom is 0.194 e. The third-order valence-electron chi connectivity index (χ3n) is 5.25. The van der Waals surface area contributed by atoms with Crippen molar-refractivity contribution in [3.63, 3.8) is 0 Å². The lowest BCUT2D eigenvalue weighted by Gasteiger charge is -2.37. The van der Waals surface area contributed by atoms with Gasteiger partial charge in [-0.2, -0.15) is 0 Å². The molecule has 1 N–H and O–H groups in total. The van der Waals surface area contributed by atoms with Gasteiger partial charge in [-0.25, -0.2) is 0 Å². The van der Waals surface area contributed by atoms with Crippen LogP contribution in [0.3, 0.4) is 0 Å². The summed E-state index contributed by atoms with van der Waals surface area (Å²) in [6, 6.07) is 15.0. The summed E-state index contributed by atoms with van der Waals surface area (Å²) in [6.07, 6.45) is 2.61. The minimum atomic E-state index is 0.144. The predicted molar refractivity (Wildman–Crippen MR) is 104 cm³/mol. The van der Waals surface area contributed by atoms with E-state index in [9.17, 15) is 0 Å². The van der Waals surface area contributed by atoms with Crippen molar-refractivity contribution in [2.75, 3.05) is 33.4 Å². The Balaban J connectivity index is 1.38. The molecular weight excluding hydrogens is 326 g/mol. The van der Waals surface area contributed by atoms with Crippen LogP contribution in [0.4, 0.5) is 0 Å². The molecule has 4 rings (SSSR count). The van der Waals surface area contributed by atoms with Gasteiger partial charge in [0, 0.05) is 33.3 Å². The van der Waals surface area contributed by atoms with E-state index >= 15 is 0 Å². The first-order valence-electron chi connectivity index (χ1n) is 9.50. The number of rotatable bonds is 3. The van der Waals surface area contributed by atoms with Crippen LogP contribution in [0, 0.1) is 0 Å². The van der Waals surface area contributed by atoms with Crippen molar-refractivity contribution in [3.8, 4) is 0 Å². The summed E-state index contributed by atoms with van der Waals surface area (Å²) in [5.74, 6) is 0.935. The highest BCUT2D eigenvalue weighted by molar-refractivity contribution is 5.83. The largest absolute Gasteiger partial charge is 0.375 e. The van der Waals surface area contributed by atoms with Crippen molar-refractivity contribution in [2.45, 2.75) is 31.6 Å². The minimum absolute atomic E-state index is 0.144. The normalized spacial score (nSPS) is 24.2. The topological polar surface area (TPSA) is 46.1 Å². The van der Waals surface area contributed by atoms with Gasteiger partial charge in [0.25, 0.3) is 0 Å². The molecule has 2 aliphatic rings. The zero-order valence-corrected chi connectivity index (χ0v) is 15.4. The lowest BCUT2D eigenvalue weighted by Crippen LogP contribution is -2.53. The van der Waals surface area contributed by atoms with Crippen LogP contribution in [0.15, 0.2) is 47.5 Å². The third-order valence-corrected chi connectivity index (χ3v) is 5.25. The van der Waals surface area contributed by atoms with Gasteiger partial charge < -0.3 is 19.7 Å². The van der Waals surface area contributed by atoms with Crippen LogP contribution in [0.25, 0.3) is 10.8 Å². The molecule has 2 saturated heterocycles. The van der Waals surface area contributed by atoms with E-state index in [1.807, 2.05) is 7.05 Å². The molecule has 2 atom stereocenters. The number of hydrogen-bond acceptors (Lipinski definition) is 3. The summed E-state index contributed by atoms with van der Waals surface area (Å²) in [4.78, 5) is 6.77. The van der Waals surface area contributed by atoms with Crippen LogP contribution in [0.2, 0.25) is 0 Å². The van der Waals surface area contributed by atoms with E-state index in [-0.39, 0.29) is 12.2 Å². The fourth-order valence-electron chi connectivity index (χ4n) is 3.85.